The van der Waals surface area contributed by atoms with Crippen LogP contribution in [0.1, 0.15) is 28.8 Å². The van der Waals surface area contributed by atoms with Crippen molar-refractivity contribution in [2.45, 2.75) is 31.7 Å². The summed E-state index contributed by atoms with van der Waals surface area (Å²) in [5.41, 5.74) is 7.16. The van der Waals surface area contributed by atoms with E-state index in [4.69, 9.17) is 4.74 Å². The molecule has 3 heteroatoms. The Bertz CT molecular complexity index is 911. The monoisotopic (exact) mass is 399 g/mol. The van der Waals surface area contributed by atoms with Gasteiger partial charge in [0.2, 0.25) is 0 Å². The van der Waals surface area contributed by atoms with Gasteiger partial charge in [-0.3, -0.25) is 5.32 Å². The van der Waals surface area contributed by atoms with E-state index in [2.05, 4.69) is 109 Å². The molecular weight excluding hydrogens is 370 g/mol. The number of rotatable bonds is 6. The van der Waals surface area contributed by atoms with E-state index in [-0.39, 0.29) is 12.1 Å². The van der Waals surface area contributed by atoms with Crippen molar-refractivity contribution in [1.29, 1.82) is 0 Å². The lowest BCUT2D eigenvalue weighted by Gasteiger charge is -2.25. The van der Waals surface area contributed by atoms with Gasteiger partial charge in [0.05, 0.1) is 19.2 Å². The molecule has 0 amide bonds. The van der Waals surface area contributed by atoms with Gasteiger partial charge in [0, 0.05) is 0 Å². The molecule has 29 heavy (non-hydrogen) atoms. The van der Waals surface area contributed by atoms with Crippen molar-refractivity contribution in [1.82, 2.24) is 5.32 Å². The minimum Gasteiger partial charge on any atom is -0.497 e. The zero-order chi connectivity index (χ0) is 20.7. The minimum absolute atomic E-state index is 0.0560. The summed E-state index contributed by atoms with van der Waals surface area (Å²) < 4.78 is 5.33. The van der Waals surface area contributed by atoms with E-state index in [0.29, 0.717) is 0 Å². The van der Waals surface area contributed by atoms with E-state index in [1.54, 1.807) is 7.11 Å². The lowest BCUT2D eigenvalue weighted by atomic mass is 9.96. The Morgan fingerprint density at radius 1 is 0.724 bits per heavy atom. The maximum Gasteiger partial charge on any atom is 0.129 e. The van der Waals surface area contributed by atoms with Crippen LogP contribution in [0.15, 0.2) is 84.9 Å². The highest BCUT2D eigenvalue weighted by atomic mass is 28.3. The molecule has 148 valence electrons. The van der Waals surface area contributed by atoms with Crippen molar-refractivity contribution < 1.29 is 4.74 Å². The van der Waals surface area contributed by atoms with Crippen molar-refractivity contribution in [2.75, 3.05) is 7.11 Å². The summed E-state index contributed by atoms with van der Waals surface area (Å²) in [6.45, 7) is 6.82. The normalized spacial score (nSPS) is 12.2. The second kappa shape index (κ2) is 9.60. The lowest BCUT2D eigenvalue weighted by Crippen LogP contribution is -2.27. The lowest BCUT2D eigenvalue weighted by molar-refractivity contribution is 0.414. The fourth-order valence-electron chi connectivity index (χ4n) is 3.15. The molecule has 1 atom stereocenters. The second-order valence-electron chi connectivity index (χ2n) is 8.15. The number of methoxy groups -OCH3 is 1. The zero-order valence-electron chi connectivity index (χ0n) is 17.6. The molecule has 1 N–H and O–H groups in total. The van der Waals surface area contributed by atoms with Crippen molar-refractivity contribution >= 4 is 8.07 Å². The third kappa shape index (κ3) is 6.09. The molecule has 1 unspecified atom stereocenters. The summed E-state index contributed by atoms with van der Waals surface area (Å²) in [6, 6.07) is 29.3. The predicted molar refractivity (Wildman–Crippen MR) is 125 cm³/mol. The van der Waals surface area contributed by atoms with Crippen LogP contribution in [0.25, 0.3) is 0 Å². The first kappa shape index (κ1) is 20.9. The highest BCUT2D eigenvalue weighted by Crippen LogP contribution is 2.27. The molecule has 0 fully saturated rings. The Balaban J connectivity index is 2.01. The minimum atomic E-state index is -1.51. The van der Waals surface area contributed by atoms with E-state index in [9.17, 15) is 0 Å². The number of ether oxygens (including phenoxy) is 1. The van der Waals surface area contributed by atoms with Crippen LogP contribution < -0.4 is 10.1 Å². The third-order valence-corrected chi connectivity index (χ3v) is 5.53. The van der Waals surface area contributed by atoms with Gasteiger partial charge in [0.1, 0.15) is 13.8 Å². The molecule has 0 saturated carbocycles. The highest BCUT2D eigenvalue weighted by molar-refractivity contribution is 6.83. The maximum absolute atomic E-state index is 5.33. The quantitative estimate of drug-likeness (QED) is 0.406. The molecule has 0 radical (unpaired) electrons. The van der Waals surface area contributed by atoms with Crippen LogP contribution in [0.5, 0.6) is 5.75 Å². The van der Waals surface area contributed by atoms with Crippen LogP contribution in [-0.4, -0.2) is 15.2 Å². The predicted octanol–water partition coefficient (Wildman–Crippen LogP) is 6.00. The molecule has 0 aliphatic rings. The Morgan fingerprint density at radius 2 is 1.24 bits per heavy atom. The fraction of sp³-hybridized carbons (Fsp3) is 0.231. The van der Waals surface area contributed by atoms with Gasteiger partial charge in [-0.15, -0.1) is 5.54 Å². The van der Waals surface area contributed by atoms with Gasteiger partial charge in [-0.05, 0) is 28.8 Å². The molecule has 0 aliphatic carbocycles. The molecule has 0 aromatic heterocycles. The van der Waals surface area contributed by atoms with Crippen LogP contribution in [0.3, 0.4) is 0 Å². The maximum atomic E-state index is 5.33. The van der Waals surface area contributed by atoms with Crippen LogP contribution >= 0.6 is 0 Å². The topological polar surface area (TPSA) is 21.3 Å². The molecule has 0 spiro atoms. The fourth-order valence-corrected chi connectivity index (χ4v) is 3.73. The molecule has 0 bridgehead atoms. The molecule has 2 nitrogen and oxygen atoms in total. The summed E-state index contributed by atoms with van der Waals surface area (Å²) in [7, 11) is 0.185. The van der Waals surface area contributed by atoms with Gasteiger partial charge in [-0.1, -0.05) is 98.4 Å². The largest absolute Gasteiger partial charge is 0.497 e. The Hall–Kier alpha value is -2.80. The number of benzene rings is 3. The van der Waals surface area contributed by atoms with Gasteiger partial charge in [-0.2, -0.15) is 0 Å². The second-order valence-corrected chi connectivity index (χ2v) is 12.9. The van der Waals surface area contributed by atoms with Gasteiger partial charge in [-0.25, -0.2) is 0 Å². The number of hydrogen-bond donors (Lipinski definition) is 1. The summed E-state index contributed by atoms with van der Waals surface area (Å²) in [5.74, 6) is 4.40. The molecule has 3 aromatic carbocycles. The molecule has 3 rings (SSSR count). The average molecular weight is 400 g/mol. The van der Waals surface area contributed by atoms with Crippen LogP contribution in [-0.2, 0) is 0 Å². The van der Waals surface area contributed by atoms with Gasteiger partial charge in [0.15, 0.2) is 0 Å². The van der Waals surface area contributed by atoms with Crippen molar-refractivity contribution in [2.24, 2.45) is 0 Å². The molecule has 0 aliphatic heterocycles. The molecule has 3 aromatic rings. The Kier molecular flexibility index (Phi) is 6.93. The summed E-state index contributed by atoms with van der Waals surface area (Å²) >= 11 is 0. The van der Waals surface area contributed by atoms with Crippen molar-refractivity contribution in [3.63, 3.8) is 0 Å². The van der Waals surface area contributed by atoms with Gasteiger partial charge in [0.25, 0.3) is 0 Å². The van der Waals surface area contributed by atoms with Crippen LogP contribution in [0.2, 0.25) is 19.6 Å². The van der Waals surface area contributed by atoms with E-state index < -0.39 is 8.07 Å². The zero-order valence-corrected chi connectivity index (χ0v) is 18.6. The highest BCUT2D eigenvalue weighted by Gasteiger charge is 2.19. The molecule has 0 saturated heterocycles. The van der Waals surface area contributed by atoms with E-state index in [1.807, 2.05) is 12.1 Å². The number of nitrogens with one attached hydrogen (secondary N) is 1. The standard InChI is InChI=1S/C26H29NOSi/c1-28-24-17-15-21(16-18-24)25(19-20-29(2,3)4)27-26(22-11-7-5-8-12-22)23-13-9-6-10-14-23/h5-18,25-27H,1-4H3. The molecule has 0 heterocycles. The third-order valence-electron chi connectivity index (χ3n) is 4.64. The van der Waals surface area contributed by atoms with E-state index in [1.165, 1.54) is 11.1 Å². The number of hydrogen-bond acceptors (Lipinski definition) is 2. The smallest absolute Gasteiger partial charge is 0.129 e. The van der Waals surface area contributed by atoms with E-state index >= 15 is 0 Å². The van der Waals surface area contributed by atoms with Crippen molar-refractivity contribution in [3.8, 4) is 17.2 Å². The summed E-state index contributed by atoms with van der Waals surface area (Å²) in [5, 5.41) is 3.82. The summed E-state index contributed by atoms with van der Waals surface area (Å²) in [6.07, 6.45) is 0. The van der Waals surface area contributed by atoms with Crippen molar-refractivity contribution in [3.05, 3.63) is 102 Å². The molecular formula is C26H29NOSi. The van der Waals surface area contributed by atoms with Gasteiger partial charge >= 0.3 is 0 Å². The van der Waals surface area contributed by atoms with E-state index in [0.717, 1.165) is 11.3 Å². The SMILES string of the molecule is COc1ccc(C(C#C[Si](C)(C)C)NC(c2ccccc2)c2ccccc2)cc1. The Labute approximate surface area is 176 Å². The Morgan fingerprint density at radius 3 is 1.69 bits per heavy atom. The first-order valence-electron chi connectivity index (χ1n) is 9.99. The summed E-state index contributed by atoms with van der Waals surface area (Å²) in [4.78, 5) is 0. The van der Waals surface area contributed by atoms with Crippen LogP contribution in [0, 0.1) is 11.5 Å². The van der Waals surface area contributed by atoms with Crippen LogP contribution in [0.4, 0.5) is 0 Å². The first-order chi connectivity index (χ1) is 14.0. The van der Waals surface area contributed by atoms with Gasteiger partial charge < -0.3 is 4.74 Å². The average Bonchev–Trinajstić information content (AvgIpc) is 2.74. The first-order valence-corrected chi connectivity index (χ1v) is 13.5.